The van der Waals surface area contributed by atoms with Crippen LogP contribution in [0.25, 0.3) is 0 Å². The zero-order chi connectivity index (χ0) is 18.4. The van der Waals surface area contributed by atoms with Crippen LogP contribution in [0.1, 0.15) is 18.2 Å². The molecule has 2 heterocycles. The number of aryl methyl sites for hydroxylation is 1. The summed E-state index contributed by atoms with van der Waals surface area (Å²) in [4.78, 5) is 13.5. The van der Waals surface area contributed by atoms with Crippen molar-refractivity contribution in [1.29, 1.82) is 0 Å². The molecule has 1 aliphatic heterocycles. The second-order valence-corrected chi connectivity index (χ2v) is 6.36. The number of piperazine rings is 1. The van der Waals surface area contributed by atoms with Gasteiger partial charge in [-0.3, -0.25) is 4.98 Å². The van der Waals surface area contributed by atoms with Gasteiger partial charge in [-0.15, -0.1) is 0 Å². The van der Waals surface area contributed by atoms with E-state index in [1.54, 1.807) is 12.3 Å². The summed E-state index contributed by atoms with van der Waals surface area (Å²) < 4.78 is 14.0. The van der Waals surface area contributed by atoms with Crippen molar-refractivity contribution in [3.63, 3.8) is 0 Å². The fraction of sp³-hybridized carbons (Fsp3) is 0.400. The van der Waals surface area contributed by atoms with E-state index in [1.807, 2.05) is 18.2 Å². The molecule has 138 valence electrons. The number of benzene rings is 1. The lowest BCUT2D eigenvalue weighted by Gasteiger charge is -2.37. The summed E-state index contributed by atoms with van der Waals surface area (Å²) in [7, 11) is 0. The number of para-hydroxylation sites is 1. The number of anilines is 1. The zero-order valence-electron chi connectivity index (χ0n) is 15.5. The van der Waals surface area contributed by atoms with Crippen molar-refractivity contribution < 1.29 is 4.39 Å². The number of nitrogens with zero attached hydrogens (tertiary/aromatic N) is 4. The fourth-order valence-corrected chi connectivity index (χ4v) is 3.13. The van der Waals surface area contributed by atoms with Crippen molar-refractivity contribution in [1.82, 2.24) is 15.2 Å². The Labute approximate surface area is 154 Å². The first kappa shape index (κ1) is 18.2. The van der Waals surface area contributed by atoms with Gasteiger partial charge in [-0.1, -0.05) is 18.2 Å². The lowest BCUT2D eigenvalue weighted by molar-refractivity contribution is 0.370. The lowest BCUT2D eigenvalue weighted by atomic mass is 10.2. The highest BCUT2D eigenvalue weighted by molar-refractivity contribution is 5.80. The molecule has 0 atom stereocenters. The van der Waals surface area contributed by atoms with E-state index in [4.69, 9.17) is 4.99 Å². The topological polar surface area (TPSA) is 43.8 Å². The van der Waals surface area contributed by atoms with Crippen molar-refractivity contribution in [3.8, 4) is 0 Å². The number of rotatable bonds is 4. The molecule has 0 saturated carbocycles. The minimum Gasteiger partial charge on any atom is -0.366 e. The molecule has 0 spiro atoms. The van der Waals surface area contributed by atoms with Crippen molar-refractivity contribution >= 4 is 11.6 Å². The largest absolute Gasteiger partial charge is 0.366 e. The summed E-state index contributed by atoms with van der Waals surface area (Å²) in [6.45, 7) is 8.65. The third kappa shape index (κ3) is 4.31. The van der Waals surface area contributed by atoms with Crippen LogP contribution in [0.2, 0.25) is 0 Å². The first-order valence-electron chi connectivity index (χ1n) is 9.12. The van der Waals surface area contributed by atoms with Crippen LogP contribution in [-0.4, -0.2) is 48.6 Å². The third-order valence-corrected chi connectivity index (χ3v) is 4.60. The Kier molecular flexibility index (Phi) is 6.04. The highest BCUT2D eigenvalue weighted by atomic mass is 19.1. The number of aliphatic imine (C=N–C) groups is 1. The lowest BCUT2D eigenvalue weighted by Crippen LogP contribution is -2.52. The molecule has 26 heavy (non-hydrogen) atoms. The smallest absolute Gasteiger partial charge is 0.194 e. The maximum Gasteiger partial charge on any atom is 0.194 e. The van der Waals surface area contributed by atoms with Gasteiger partial charge in [0.05, 0.1) is 17.9 Å². The van der Waals surface area contributed by atoms with Gasteiger partial charge in [-0.25, -0.2) is 9.38 Å². The maximum absolute atomic E-state index is 14.0. The molecule has 6 heteroatoms. The SMILES string of the molecule is CCNC(=NCc1ncccc1C)N1CCN(c2ccccc2F)CC1. The Morgan fingerprint density at radius 1 is 1.15 bits per heavy atom. The number of nitrogens with one attached hydrogen (secondary N) is 1. The molecule has 0 bridgehead atoms. The standard InChI is InChI=1S/C20H26FN5/c1-3-22-20(24-15-18-16(2)7-6-10-23-18)26-13-11-25(12-14-26)19-9-5-4-8-17(19)21/h4-10H,3,11-15H2,1-2H3,(H,22,24). The number of aromatic nitrogens is 1. The number of guanidine groups is 1. The molecule has 1 aromatic heterocycles. The molecule has 0 radical (unpaired) electrons. The van der Waals surface area contributed by atoms with E-state index < -0.39 is 0 Å². The van der Waals surface area contributed by atoms with Gasteiger partial charge in [0.25, 0.3) is 0 Å². The summed E-state index contributed by atoms with van der Waals surface area (Å²) in [6, 6.07) is 11.0. The first-order valence-corrected chi connectivity index (χ1v) is 9.12. The molecule has 3 rings (SSSR count). The highest BCUT2D eigenvalue weighted by Crippen LogP contribution is 2.20. The van der Waals surface area contributed by atoms with Gasteiger partial charge in [-0.2, -0.15) is 0 Å². The van der Waals surface area contributed by atoms with Crippen LogP contribution in [-0.2, 0) is 6.54 Å². The highest BCUT2D eigenvalue weighted by Gasteiger charge is 2.21. The van der Waals surface area contributed by atoms with Gasteiger partial charge in [0.2, 0.25) is 0 Å². The second kappa shape index (κ2) is 8.65. The van der Waals surface area contributed by atoms with E-state index in [1.165, 1.54) is 6.07 Å². The van der Waals surface area contributed by atoms with Gasteiger partial charge in [0.15, 0.2) is 5.96 Å². The van der Waals surface area contributed by atoms with Crippen LogP contribution >= 0.6 is 0 Å². The number of hydrogen-bond donors (Lipinski definition) is 1. The van der Waals surface area contributed by atoms with E-state index in [2.05, 4.69) is 40.0 Å². The Balaban J connectivity index is 1.66. The Morgan fingerprint density at radius 3 is 2.62 bits per heavy atom. The number of halogens is 1. The molecule has 1 fully saturated rings. The van der Waals surface area contributed by atoms with Crippen LogP contribution < -0.4 is 10.2 Å². The molecular weight excluding hydrogens is 329 g/mol. The average molecular weight is 355 g/mol. The summed E-state index contributed by atoms with van der Waals surface area (Å²) in [5.74, 6) is 0.734. The van der Waals surface area contributed by atoms with Crippen LogP contribution in [0.3, 0.4) is 0 Å². The number of hydrogen-bond acceptors (Lipinski definition) is 3. The molecule has 0 unspecified atom stereocenters. The third-order valence-electron chi connectivity index (χ3n) is 4.60. The molecule has 1 N–H and O–H groups in total. The van der Waals surface area contributed by atoms with Gasteiger partial charge in [-0.05, 0) is 37.6 Å². The van der Waals surface area contributed by atoms with Gasteiger partial charge >= 0.3 is 0 Å². The van der Waals surface area contributed by atoms with E-state index in [0.717, 1.165) is 49.9 Å². The molecular formula is C20H26FN5. The van der Waals surface area contributed by atoms with E-state index in [-0.39, 0.29) is 5.82 Å². The van der Waals surface area contributed by atoms with Crippen molar-refractivity contribution in [2.45, 2.75) is 20.4 Å². The van der Waals surface area contributed by atoms with Crippen LogP contribution in [0.5, 0.6) is 0 Å². The molecule has 1 aromatic carbocycles. The Bertz CT molecular complexity index is 753. The van der Waals surface area contributed by atoms with E-state index >= 15 is 0 Å². The number of pyridine rings is 1. The van der Waals surface area contributed by atoms with Crippen LogP contribution in [0.4, 0.5) is 10.1 Å². The minimum atomic E-state index is -0.160. The Hall–Kier alpha value is -2.63. The van der Waals surface area contributed by atoms with Gasteiger partial charge in [0.1, 0.15) is 5.82 Å². The Morgan fingerprint density at radius 2 is 1.92 bits per heavy atom. The van der Waals surface area contributed by atoms with Gasteiger partial charge in [0, 0.05) is 38.9 Å². The maximum atomic E-state index is 14.0. The molecule has 2 aromatic rings. The van der Waals surface area contributed by atoms with Crippen molar-refractivity contribution in [2.75, 3.05) is 37.6 Å². The summed E-state index contributed by atoms with van der Waals surface area (Å²) in [6.07, 6.45) is 1.80. The normalized spacial score (nSPS) is 15.3. The van der Waals surface area contributed by atoms with Crippen LogP contribution in [0.15, 0.2) is 47.6 Å². The fourth-order valence-electron chi connectivity index (χ4n) is 3.13. The monoisotopic (exact) mass is 355 g/mol. The molecule has 0 aliphatic carbocycles. The van der Waals surface area contributed by atoms with Crippen molar-refractivity contribution in [3.05, 3.63) is 59.7 Å². The predicted molar refractivity (Wildman–Crippen MR) is 104 cm³/mol. The second-order valence-electron chi connectivity index (χ2n) is 6.36. The van der Waals surface area contributed by atoms with E-state index in [9.17, 15) is 4.39 Å². The zero-order valence-corrected chi connectivity index (χ0v) is 15.5. The quantitative estimate of drug-likeness (QED) is 0.677. The first-order chi connectivity index (χ1) is 12.7. The minimum absolute atomic E-state index is 0.160. The summed E-state index contributed by atoms with van der Waals surface area (Å²) >= 11 is 0. The predicted octanol–water partition coefficient (Wildman–Crippen LogP) is 2.82. The molecule has 1 saturated heterocycles. The molecule has 0 amide bonds. The van der Waals surface area contributed by atoms with E-state index in [0.29, 0.717) is 12.2 Å². The summed E-state index contributed by atoms with van der Waals surface area (Å²) in [5.41, 5.74) is 2.82. The van der Waals surface area contributed by atoms with Crippen LogP contribution in [0, 0.1) is 12.7 Å². The summed E-state index contributed by atoms with van der Waals surface area (Å²) in [5, 5.41) is 3.36. The average Bonchev–Trinajstić information content (AvgIpc) is 2.67. The molecule has 1 aliphatic rings. The van der Waals surface area contributed by atoms with Crippen molar-refractivity contribution in [2.24, 2.45) is 4.99 Å². The molecule has 5 nitrogen and oxygen atoms in total. The van der Waals surface area contributed by atoms with Gasteiger partial charge < -0.3 is 15.1 Å².